The van der Waals surface area contributed by atoms with E-state index in [1.807, 2.05) is 42.5 Å². The first kappa shape index (κ1) is 15.4. The third-order valence-corrected chi connectivity index (χ3v) is 3.56. The summed E-state index contributed by atoms with van der Waals surface area (Å²) in [5, 5.41) is 15.6. The summed E-state index contributed by atoms with van der Waals surface area (Å²) in [7, 11) is 0. The van der Waals surface area contributed by atoms with Gasteiger partial charge in [-0.25, -0.2) is 0 Å². The number of rotatable bonds is 4. The van der Waals surface area contributed by atoms with Crippen LogP contribution in [-0.4, -0.2) is 10.8 Å². The summed E-state index contributed by atoms with van der Waals surface area (Å²) >= 11 is 0. The summed E-state index contributed by atoms with van der Waals surface area (Å²) in [6.07, 6.45) is 2.91. The zero-order valence-corrected chi connectivity index (χ0v) is 12.7. The van der Waals surface area contributed by atoms with Crippen LogP contribution >= 0.6 is 0 Å². The molecule has 0 bridgehead atoms. The van der Waals surface area contributed by atoms with E-state index in [4.69, 9.17) is 0 Å². The first-order valence-electron chi connectivity index (χ1n) is 7.35. The highest BCUT2D eigenvalue weighted by molar-refractivity contribution is 6.07. The molecule has 0 aliphatic carbocycles. The Hall–Kier alpha value is -3.47. The molecule has 5 nitrogen and oxygen atoms in total. The molecule has 3 rings (SSSR count). The van der Waals surface area contributed by atoms with Crippen LogP contribution in [0.2, 0.25) is 0 Å². The molecular weight excluding hydrogens is 304 g/mol. The topological polar surface area (TPSA) is 72.2 Å². The molecule has 0 unspecified atom stereocenters. The maximum absolute atomic E-state index is 12.1. The summed E-state index contributed by atoms with van der Waals surface area (Å²) in [4.78, 5) is 22.4. The predicted octanol–water partition coefficient (Wildman–Crippen LogP) is 4.40. The number of anilines is 1. The molecule has 0 fully saturated rings. The van der Waals surface area contributed by atoms with Crippen molar-refractivity contribution in [3.05, 3.63) is 88.5 Å². The molecule has 0 saturated carbocycles. The van der Waals surface area contributed by atoms with E-state index in [0.717, 1.165) is 16.5 Å². The molecule has 24 heavy (non-hydrogen) atoms. The molecule has 5 heteroatoms. The van der Waals surface area contributed by atoms with Crippen LogP contribution in [0.15, 0.2) is 72.8 Å². The number of amides is 1. The van der Waals surface area contributed by atoms with Gasteiger partial charge < -0.3 is 5.32 Å². The number of hydrogen-bond donors (Lipinski definition) is 1. The van der Waals surface area contributed by atoms with Gasteiger partial charge in [0.2, 0.25) is 5.91 Å². The van der Waals surface area contributed by atoms with E-state index in [-0.39, 0.29) is 11.6 Å². The first-order valence-corrected chi connectivity index (χ1v) is 7.35. The molecule has 0 aromatic heterocycles. The lowest BCUT2D eigenvalue weighted by Crippen LogP contribution is -2.08. The summed E-state index contributed by atoms with van der Waals surface area (Å²) in [6, 6.07) is 19.6. The van der Waals surface area contributed by atoms with Crippen LogP contribution in [0, 0.1) is 10.1 Å². The predicted molar refractivity (Wildman–Crippen MR) is 94.7 cm³/mol. The number of nitro benzene ring substituents is 1. The number of benzene rings is 3. The molecule has 0 heterocycles. The number of hydrogen-bond acceptors (Lipinski definition) is 3. The second kappa shape index (κ2) is 6.75. The van der Waals surface area contributed by atoms with Gasteiger partial charge in [-0.2, -0.15) is 0 Å². The van der Waals surface area contributed by atoms with Crippen LogP contribution in [0.1, 0.15) is 5.56 Å². The average molecular weight is 318 g/mol. The van der Waals surface area contributed by atoms with Crippen LogP contribution in [-0.2, 0) is 4.79 Å². The number of carbonyl (C=O) groups is 1. The average Bonchev–Trinajstić information content (AvgIpc) is 2.60. The van der Waals surface area contributed by atoms with Gasteiger partial charge in [-0.1, -0.05) is 48.5 Å². The third-order valence-electron chi connectivity index (χ3n) is 3.56. The zero-order valence-electron chi connectivity index (χ0n) is 12.7. The normalized spacial score (nSPS) is 10.8. The Labute approximate surface area is 138 Å². The molecule has 0 spiro atoms. The van der Waals surface area contributed by atoms with Crippen molar-refractivity contribution in [1.29, 1.82) is 0 Å². The van der Waals surface area contributed by atoms with Gasteiger partial charge in [-0.15, -0.1) is 0 Å². The van der Waals surface area contributed by atoms with E-state index in [0.29, 0.717) is 5.56 Å². The van der Waals surface area contributed by atoms with Crippen molar-refractivity contribution in [3.8, 4) is 0 Å². The number of fused-ring (bicyclic) bond motifs is 1. The lowest BCUT2D eigenvalue weighted by atomic mass is 10.1. The van der Waals surface area contributed by atoms with E-state index in [1.165, 1.54) is 18.2 Å². The molecule has 0 saturated heterocycles. The lowest BCUT2D eigenvalue weighted by Gasteiger charge is -2.06. The molecule has 0 radical (unpaired) electrons. The largest absolute Gasteiger partial charge is 0.322 e. The van der Waals surface area contributed by atoms with Crippen molar-refractivity contribution in [2.75, 3.05) is 5.32 Å². The number of nitro groups is 1. The summed E-state index contributed by atoms with van der Waals surface area (Å²) in [5.41, 5.74) is 1.31. The Kier molecular flexibility index (Phi) is 4.34. The van der Waals surface area contributed by atoms with Crippen LogP contribution in [0.4, 0.5) is 11.4 Å². The maximum atomic E-state index is 12.1. The number of nitrogens with zero attached hydrogens (tertiary/aromatic N) is 1. The fraction of sp³-hybridized carbons (Fsp3) is 0. The second-order valence-electron chi connectivity index (χ2n) is 5.20. The van der Waals surface area contributed by atoms with Crippen LogP contribution in [0.5, 0.6) is 0 Å². The van der Waals surface area contributed by atoms with Crippen molar-refractivity contribution in [3.63, 3.8) is 0 Å². The molecule has 1 amide bonds. The van der Waals surface area contributed by atoms with Crippen molar-refractivity contribution < 1.29 is 9.72 Å². The van der Waals surface area contributed by atoms with E-state index < -0.39 is 4.92 Å². The zero-order chi connectivity index (χ0) is 16.9. The van der Waals surface area contributed by atoms with Crippen LogP contribution < -0.4 is 5.32 Å². The second-order valence-corrected chi connectivity index (χ2v) is 5.20. The van der Waals surface area contributed by atoms with E-state index >= 15 is 0 Å². The minimum Gasteiger partial charge on any atom is -0.322 e. The molecule has 0 aliphatic rings. The molecule has 0 atom stereocenters. The molecule has 1 N–H and O–H groups in total. The van der Waals surface area contributed by atoms with E-state index in [1.54, 1.807) is 18.2 Å². The quantitative estimate of drug-likeness (QED) is 0.440. The third kappa shape index (κ3) is 3.47. The van der Waals surface area contributed by atoms with Gasteiger partial charge in [-0.3, -0.25) is 14.9 Å². The molecule has 118 valence electrons. The Morgan fingerprint density at radius 1 is 1.00 bits per heavy atom. The summed E-state index contributed by atoms with van der Waals surface area (Å²) in [5.74, 6) is -0.294. The molecular formula is C19H14N2O3. The van der Waals surface area contributed by atoms with Gasteiger partial charge >= 0.3 is 0 Å². The first-order chi connectivity index (χ1) is 11.6. The maximum Gasteiger partial charge on any atom is 0.270 e. The van der Waals surface area contributed by atoms with Gasteiger partial charge in [-0.05, 0) is 23.1 Å². The Bertz CT molecular complexity index is 943. The molecule has 3 aromatic rings. The van der Waals surface area contributed by atoms with Gasteiger partial charge in [0.1, 0.15) is 0 Å². The highest BCUT2D eigenvalue weighted by atomic mass is 16.6. The van der Waals surface area contributed by atoms with Gasteiger partial charge in [0.25, 0.3) is 5.69 Å². The standard InChI is InChI=1S/C19H14N2O3/c22-19(12-11-14-5-3-8-16(13-14)21(23)24)20-18-10-4-7-15-6-1-2-9-17(15)18/h1-13H,(H,20,22). The smallest absolute Gasteiger partial charge is 0.270 e. The van der Waals surface area contributed by atoms with Crippen molar-refractivity contribution in [2.24, 2.45) is 0 Å². The number of non-ortho nitro benzene ring substituents is 1. The van der Waals surface area contributed by atoms with Gasteiger partial charge in [0.15, 0.2) is 0 Å². The van der Waals surface area contributed by atoms with E-state index in [2.05, 4.69) is 5.32 Å². The molecule has 0 aliphatic heterocycles. The minimum atomic E-state index is -0.465. The van der Waals surface area contributed by atoms with Gasteiger partial charge in [0.05, 0.1) is 4.92 Å². The summed E-state index contributed by atoms with van der Waals surface area (Å²) < 4.78 is 0. The fourth-order valence-electron chi connectivity index (χ4n) is 2.42. The number of nitrogens with one attached hydrogen (secondary N) is 1. The summed E-state index contributed by atoms with van der Waals surface area (Å²) in [6.45, 7) is 0. The van der Waals surface area contributed by atoms with E-state index in [9.17, 15) is 14.9 Å². The van der Waals surface area contributed by atoms with Crippen molar-refractivity contribution >= 4 is 34.1 Å². The van der Waals surface area contributed by atoms with Gasteiger partial charge in [0, 0.05) is 29.3 Å². The Morgan fingerprint density at radius 3 is 2.58 bits per heavy atom. The van der Waals surface area contributed by atoms with Crippen LogP contribution in [0.3, 0.4) is 0 Å². The van der Waals surface area contributed by atoms with Crippen LogP contribution in [0.25, 0.3) is 16.8 Å². The minimum absolute atomic E-state index is 0.00777. The van der Waals surface area contributed by atoms with Crippen molar-refractivity contribution in [1.82, 2.24) is 0 Å². The Balaban J connectivity index is 1.78. The Morgan fingerprint density at radius 2 is 1.75 bits per heavy atom. The molecule has 3 aromatic carbocycles. The highest BCUT2D eigenvalue weighted by Crippen LogP contribution is 2.23. The SMILES string of the molecule is O=C(C=Cc1cccc([N+](=O)[O-])c1)Nc1cccc2ccccc12. The highest BCUT2D eigenvalue weighted by Gasteiger charge is 2.05. The number of carbonyl (C=O) groups excluding carboxylic acids is 1. The lowest BCUT2D eigenvalue weighted by molar-refractivity contribution is -0.384. The fourth-order valence-corrected chi connectivity index (χ4v) is 2.42. The monoisotopic (exact) mass is 318 g/mol. The van der Waals surface area contributed by atoms with Crippen molar-refractivity contribution in [2.45, 2.75) is 0 Å².